The molecule has 0 bridgehead atoms. The number of hydrogen-bond donors (Lipinski definition) is 0. The van der Waals surface area contributed by atoms with Crippen LogP contribution in [0.25, 0.3) is 0 Å². The highest BCUT2D eigenvalue weighted by atomic mass is 79.9. The summed E-state index contributed by atoms with van der Waals surface area (Å²) in [5.74, 6) is 0. The first-order valence-electron chi connectivity index (χ1n) is 5.78. The van der Waals surface area contributed by atoms with E-state index in [9.17, 15) is 10.1 Å². The quantitative estimate of drug-likeness (QED) is 0.442. The zero-order valence-corrected chi connectivity index (χ0v) is 13.1. The van der Waals surface area contributed by atoms with Gasteiger partial charge in [-0.1, -0.05) is 54.4 Å². The van der Waals surface area contributed by atoms with Crippen LogP contribution < -0.4 is 0 Å². The van der Waals surface area contributed by atoms with Gasteiger partial charge in [-0.3, -0.25) is 10.1 Å². The van der Waals surface area contributed by atoms with E-state index in [1.165, 1.54) is 6.07 Å². The number of halogens is 2. The van der Waals surface area contributed by atoms with E-state index in [2.05, 4.69) is 36.7 Å². The first-order valence-corrected chi connectivity index (χ1v) is 7.08. The molecule has 0 aliphatic heterocycles. The molecular weight excluding hydrogens is 318 g/mol. The lowest BCUT2D eigenvalue weighted by Crippen LogP contribution is -2.20. The van der Waals surface area contributed by atoms with Crippen molar-refractivity contribution in [1.29, 1.82) is 0 Å². The minimum Gasteiger partial charge on any atom is -0.258 e. The van der Waals surface area contributed by atoms with Crippen molar-refractivity contribution >= 4 is 33.2 Å². The van der Waals surface area contributed by atoms with Gasteiger partial charge in [-0.05, 0) is 24.3 Å². The van der Waals surface area contributed by atoms with Crippen molar-refractivity contribution in [1.82, 2.24) is 0 Å². The van der Waals surface area contributed by atoms with Gasteiger partial charge < -0.3 is 0 Å². The van der Waals surface area contributed by atoms with Gasteiger partial charge in [0.25, 0.3) is 5.69 Å². The fourth-order valence-electron chi connectivity index (χ4n) is 1.63. The maximum absolute atomic E-state index is 11.0. The Morgan fingerprint density at radius 2 is 2.06 bits per heavy atom. The van der Waals surface area contributed by atoms with Crippen LogP contribution in [0.4, 0.5) is 5.69 Å². The van der Waals surface area contributed by atoms with Crippen LogP contribution in [0.15, 0.2) is 18.2 Å². The average Bonchev–Trinajstić information content (AvgIpc) is 2.25. The molecule has 100 valence electrons. The molecule has 1 aromatic rings. The molecule has 0 amide bonds. The van der Waals surface area contributed by atoms with Gasteiger partial charge in [0.05, 0.1) is 4.92 Å². The van der Waals surface area contributed by atoms with E-state index in [4.69, 9.17) is 11.6 Å². The lowest BCUT2D eigenvalue weighted by molar-refractivity contribution is -0.385. The van der Waals surface area contributed by atoms with E-state index in [0.29, 0.717) is 16.3 Å². The van der Waals surface area contributed by atoms with Crippen LogP contribution in [0.1, 0.15) is 32.8 Å². The SMILES string of the molecule is CC(C)(C)C(Br)CCc1ccc(Cl)cc1[N+](=O)[O-]. The number of alkyl halides is 1. The van der Waals surface area contributed by atoms with Crippen LogP contribution in [0.5, 0.6) is 0 Å². The van der Waals surface area contributed by atoms with Gasteiger partial charge >= 0.3 is 0 Å². The number of rotatable bonds is 4. The molecule has 1 atom stereocenters. The fourth-order valence-corrected chi connectivity index (χ4v) is 2.03. The largest absolute Gasteiger partial charge is 0.274 e. The minimum absolute atomic E-state index is 0.108. The summed E-state index contributed by atoms with van der Waals surface area (Å²) in [7, 11) is 0. The number of benzene rings is 1. The Morgan fingerprint density at radius 1 is 1.44 bits per heavy atom. The molecule has 18 heavy (non-hydrogen) atoms. The smallest absolute Gasteiger partial charge is 0.258 e. The maximum Gasteiger partial charge on any atom is 0.274 e. The summed E-state index contributed by atoms with van der Waals surface area (Å²) in [4.78, 5) is 10.9. The topological polar surface area (TPSA) is 43.1 Å². The summed E-state index contributed by atoms with van der Waals surface area (Å²) in [5.41, 5.74) is 0.982. The second-order valence-electron chi connectivity index (χ2n) is 5.40. The van der Waals surface area contributed by atoms with Gasteiger partial charge in [0.15, 0.2) is 0 Å². The number of aryl methyl sites for hydroxylation is 1. The van der Waals surface area contributed by atoms with Gasteiger partial charge in [0.1, 0.15) is 0 Å². The molecule has 0 aromatic heterocycles. The molecule has 1 unspecified atom stereocenters. The van der Waals surface area contributed by atoms with E-state index in [-0.39, 0.29) is 16.0 Å². The van der Waals surface area contributed by atoms with Crippen LogP contribution in [-0.4, -0.2) is 9.75 Å². The third-order valence-electron chi connectivity index (χ3n) is 2.85. The van der Waals surface area contributed by atoms with E-state index in [0.717, 1.165) is 12.0 Å². The summed E-state index contributed by atoms with van der Waals surface area (Å²) in [5, 5.41) is 11.4. The number of nitro groups is 1. The molecule has 0 radical (unpaired) electrons. The Morgan fingerprint density at radius 3 is 2.56 bits per heavy atom. The third kappa shape index (κ3) is 4.25. The van der Waals surface area contributed by atoms with Gasteiger partial charge in [-0.15, -0.1) is 0 Å². The molecule has 0 aliphatic carbocycles. The average molecular weight is 335 g/mol. The molecule has 5 heteroatoms. The monoisotopic (exact) mass is 333 g/mol. The van der Waals surface area contributed by atoms with Crippen LogP contribution >= 0.6 is 27.5 Å². The van der Waals surface area contributed by atoms with E-state index >= 15 is 0 Å². The first-order chi connectivity index (χ1) is 8.21. The van der Waals surface area contributed by atoms with Crippen LogP contribution in [-0.2, 0) is 6.42 Å². The van der Waals surface area contributed by atoms with Crippen molar-refractivity contribution in [3.05, 3.63) is 38.9 Å². The summed E-state index contributed by atoms with van der Waals surface area (Å²) in [6, 6.07) is 4.85. The highest BCUT2D eigenvalue weighted by Gasteiger charge is 2.23. The molecule has 0 saturated heterocycles. The number of nitro benzene ring substituents is 1. The second-order valence-corrected chi connectivity index (χ2v) is 6.94. The highest BCUT2D eigenvalue weighted by Crippen LogP contribution is 2.31. The zero-order chi connectivity index (χ0) is 13.9. The van der Waals surface area contributed by atoms with Crippen molar-refractivity contribution < 1.29 is 4.92 Å². The molecule has 0 N–H and O–H groups in total. The first kappa shape index (κ1) is 15.4. The number of nitrogens with zero attached hydrogens (tertiary/aromatic N) is 1. The maximum atomic E-state index is 11.0. The molecule has 3 nitrogen and oxygen atoms in total. The fraction of sp³-hybridized carbons (Fsp3) is 0.538. The molecule has 0 aliphatic rings. The Kier molecular flexibility index (Phi) is 5.17. The summed E-state index contributed by atoms with van der Waals surface area (Å²) in [6.07, 6.45) is 1.52. The molecule has 0 fully saturated rings. The standard InChI is InChI=1S/C13H17BrClNO2/c1-13(2,3)12(14)7-5-9-4-6-10(15)8-11(9)16(17)18/h4,6,8,12H,5,7H2,1-3H3. The molecule has 0 saturated carbocycles. The van der Waals surface area contributed by atoms with E-state index in [1.54, 1.807) is 12.1 Å². The van der Waals surface area contributed by atoms with E-state index < -0.39 is 0 Å². The van der Waals surface area contributed by atoms with Gasteiger partial charge in [-0.2, -0.15) is 0 Å². The summed E-state index contributed by atoms with van der Waals surface area (Å²) >= 11 is 9.42. The Bertz CT molecular complexity index is 443. The predicted molar refractivity (Wildman–Crippen MR) is 78.6 cm³/mol. The summed E-state index contributed by atoms with van der Waals surface area (Å²) < 4.78 is 0. The Hall–Kier alpha value is -0.610. The number of hydrogen-bond acceptors (Lipinski definition) is 2. The highest BCUT2D eigenvalue weighted by molar-refractivity contribution is 9.09. The van der Waals surface area contributed by atoms with Crippen LogP contribution in [0.3, 0.4) is 0 Å². The lowest BCUT2D eigenvalue weighted by Gasteiger charge is -2.25. The lowest BCUT2D eigenvalue weighted by atomic mass is 9.88. The van der Waals surface area contributed by atoms with Gasteiger partial charge in [-0.25, -0.2) is 0 Å². The predicted octanol–water partition coefficient (Wildman–Crippen LogP) is 4.99. The normalized spacial score (nSPS) is 13.4. The molecular formula is C13H17BrClNO2. The van der Waals surface area contributed by atoms with Crippen molar-refractivity contribution in [2.24, 2.45) is 5.41 Å². The minimum atomic E-state index is -0.373. The molecule has 1 rings (SSSR count). The van der Waals surface area contributed by atoms with Crippen molar-refractivity contribution in [2.75, 3.05) is 0 Å². The summed E-state index contributed by atoms with van der Waals surface area (Å²) in [6.45, 7) is 6.42. The van der Waals surface area contributed by atoms with Crippen LogP contribution in [0.2, 0.25) is 5.02 Å². The van der Waals surface area contributed by atoms with Gasteiger partial charge in [0.2, 0.25) is 0 Å². The third-order valence-corrected chi connectivity index (χ3v) is 4.92. The Labute approximate surface area is 121 Å². The zero-order valence-electron chi connectivity index (χ0n) is 10.7. The van der Waals surface area contributed by atoms with Crippen molar-refractivity contribution in [2.45, 2.75) is 38.4 Å². The van der Waals surface area contributed by atoms with E-state index in [1.807, 2.05) is 0 Å². The second kappa shape index (κ2) is 6.02. The molecule has 0 spiro atoms. The Balaban J connectivity index is 2.82. The molecule has 0 heterocycles. The van der Waals surface area contributed by atoms with Gasteiger partial charge in [0, 0.05) is 21.5 Å². The van der Waals surface area contributed by atoms with Crippen LogP contribution in [0, 0.1) is 15.5 Å². The van der Waals surface area contributed by atoms with Crippen molar-refractivity contribution in [3.63, 3.8) is 0 Å². The van der Waals surface area contributed by atoms with Crippen molar-refractivity contribution in [3.8, 4) is 0 Å². The molecule has 1 aromatic carbocycles.